The van der Waals surface area contributed by atoms with Gasteiger partial charge in [0, 0.05) is 52.2 Å². The normalized spacial score (nSPS) is 10.9. The van der Waals surface area contributed by atoms with E-state index in [0.717, 1.165) is 35.7 Å². The number of hydrogen-bond donors (Lipinski definition) is 2. The number of amides is 1. The van der Waals surface area contributed by atoms with Crippen molar-refractivity contribution in [3.8, 4) is 5.69 Å². The monoisotopic (exact) mass is 532 g/mol. The second-order valence-electron chi connectivity index (χ2n) is 7.12. The number of rotatable bonds is 7. The van der Waals surface area contributed by atoms with Crippen LogP contribution in [-0.2, 0) is 13.0 Å². The summed E-state index contributed by atoms with van der Waals surface area (Å²) in [5, 5.41) is 10.9. The highest BCUT2D eigenvalue weighted by Gasteiger charge is 2.08. The van der Waals surface area contributed by atoms with Crippen LogP contribution < -0.4 is 10.6 Å². The molecule has 3 aromatic rings. The van der Waals surface area contributed by atoms with Crippen LogP contribution in [0.1, 0.15) is 21.5 Å². The zero-order valence-corrected chi connectivity index (χ0v) is 20.4. The van der Waals surface area contributed by atoms with E-state index < -0.39 is 0 Å². The Hall–Kier alpha value is -2.88. The molecule has 0 unspecified atom stereocenters. The van der Waals surface area contributed by atoms with Crippen LogP contribution in [0.3, 0.4) is 0 Å². The van der Waals surface area contributed by atoms with Crippen molar-refractivity contribution in [1.82, 2.24) is 25.3 Å². The number of aliphatic imine (C=N–C) groups is 1. The van der Waals surface area contributed by atoms with E-state index in [1.54, 1.807) is 32.2 Å². The number of halogens is 1. The maximum absolute atomic E-state index is 12.1. The van der Waals surface area contributed by atoms with Crippen LogP contribution >= 0.6 is 24.0 Å². The number of nitrogens with one attached hydrogen (secondary N) is 2. The fourth-order valence-electron chi connectivity index (χ4n) is 3.04. The Morgan fingerprint density at radius 1 is 1.06 bits per heavy atom. The van der Waals surface area contributed by atoms with Crippen LogP contribution in [0.15, 0.2) is 72.0 Å². The molecule has 1 aromatic heterocycles. The van der Waals surface area contributed by atoms with Crippen molar-refractivity contribution in [2.75, 3.05) is 27.7 Å². The van der Waals surface area contributed by atoms with Crippen LogP contribution in [0.4, 0.5) is 0 Å². The minimum atomic E-state index is 0. The van der Waals surface area contributed by atoms with Crippen LogP contribution in [0.5, 0.6) is 0 Å². The van der Waals surface area contributed by atoms with E-state index in [2.05, 4.69) is 32.9 Å². The summed E-state index contributed by atoms with van der Waals surface area (Å²) in [6, 6.07) is 17.9. The second kappa shape index (κ2) is 12.1. The first-order chi connectivity index (χ1) is 14.6. The van der Waals surface area contributed by atoms with Gasteiger partial charge >= 0.3 is 0 Å². The van der Waals surface area contributed by atoms with Gasteiger partial charge in [0.2, 0.25) is 0 Å². The Morgan fingerprint density at radius 3 is 2.48 bits per heavy atom. The molecular weight excluding hydrogens is 503 g/mol. The molecule has 0 spiro atoms. The highest BCUT2D eigenvalue weighted by molar-refractivity contribution is 14.0. The van der Waals surface area contributed by atoms with E-state index in [9.17, 15) is 4.79 Å². The molecular formula is C23H29IN6O. The lowest BCUT2D eigenvalue weighted by molar-refractivity contribution is 0.0827. The molecule has 1 heterocycles. The molecule has 164 valence electrons. The smallest absolute Gasteiger partial charge is 0.253 e. The topological polar surface area (TPSA) is 74.6 Å². The number of aromatic nitrogens is 2. The molecule has 0 aliphatic heterocycles. The Bertz CT molecular complexity index is 984. The first-order valence-electron chi connectivity index (χ1n) is 9.91. The summed E-state index contributed by atoms with van der Waals surface area (Å²) in [6.07, 6.45) is 4.49. The van der Waals surface area contributed by atoms with E-state index in [4.69, 9.17) is 0 Å². The minimum Gasteiger partial charge on any atom is -0.356 e. The largest absolute Gasteiger partial charge is 0.356 e. The van der Waals surface area contributed by atoms with Gasteiger partial charge in [0.25, 0.3) is 5.91 Å². The maximum Gasteiger partial charge on any atom is 0.253 e. The molecule has 0 atom stereocenters. The molecule has 0 saturated heterocycles. The fraction of sp³-hybridized carbons (Fsp3) is 0.261. The third-order valence-corrected chi connectivity index (χ3v) is 4.68. The minimum absolute atomic E-state index is 0. The number of nitrogens with zero attached hydrogens (tertiary/aromatic N) is 4. The molecule has 31 heavy (non-hydrogen) atoms. The molecule has 0 radical (unpaired) electrons. The summed E-state index contributed by atoms with van der Waals surface area (Å²) in [6.45, 7) is 1.39. The number of hydrogen-bond acceptors (Lipinski definition) is 3. The SMILES string of the molecule is CN=C(NCCc1cccc(C(=O)N(C)C)c1)NCc1ccc(-n2cccn2)cc1.I. The molecule has 0 aliphatic carbocycles. The zero-order valence-electron chi connectivity index (χ0n) is 18.1. The van der Waals surface area contributed by atoms with Crippen molar-refractivity contribution >= 4 is 35.8 Å². The maximum atomic E-state index is 12.1. The average Bonchev–Trinajstić information content (AvgIpc) is 3.31. The van der Waals surface area contributed by atoms with E-state index >= 15 is 0 Å². The summed E-state index contributed by atoms with van der Waals surface area (Å²) >= 11 is 0. The Labute approximate surface area is 200 Å². The Morgan fingerprint density at radius 2 is 1.84 bits per heavy atom. The van der Waals surface area contributed by atoms with Crippen molar-refractivity contribution in [2.45, 2.75) is 13.0 Å². The van der Waals surface area contributed by atoms with Crippen LogP contribution in [0.25, 0.3) is 5.69 Å². The van der Waals surface area contributed by atoms with E-state index in [1.807, 2.05) is 53.3 Å². The summed E-state index contributed by atoms with van der Waals surface area (Å²) in [4.78, 5) is 18.0. The van der Waals surface area contributed by atoms with Crippen molar-refractivity contribution in [3.05, 3.63) is 83.7 Å². The van der Waals surface area contributed by atoms with Gasteiger partial charge in [0.1, 0.15) is 0 Å². The lowest BCUT2D eigenvalue weighted by atomic mass is 10.1. The van der Waals surface area contributed by atoms with Gasteiger partial charge in [0.15, 0.2) is 5.96 Å². The molecule has 0 aliphatic rings. The molecule has 8 heteroatoms. The van der Waals surface area contributed by atoms with Gasteiger partial charge in [0.05, 0.1) is 5.69 Å². The lowest BCUT2D eigenvalue weighted by Gasteiger charge is -2.13. The molecule has 2 N–H and O–H groups in total. The summed E-state index contributed by atoms with van der Waals surface area (Å²) < 4.78 is 1.83. The summed E-state index contributed by atoms with van der Waals surface area (Å²) in [5.41, 5.74) is 4.00. The van der Waals surface area contributed by atoms with Gasteiger partial charge in [-0.1, -0.05) is 24.3 Å². The van der Waals surface area contributed by atoms with Gasteiger partial charge in [-0.25, -0.2) is 4.68 Å². The van der Waals surface area contributed by atoms with Crippen molar-refractivity contribution in [3.63, 3.8) is 0 Å². The summed E-state index contributed by atoms with van der Waals surface area (Å²) in [7, 11) is 5.28. The lowest BCUT2D eigenvalue weighted by Crippen LogP contribution is -2.37. The van der Waals surface area contributed by atoms with Crippen LogP contribution in [0, 0.1) is 0 Å². The molecule has 7 nitrogen and oxygen atoms in total. The van der Waals surface area contributed by atoms with E-state index in [1.165, 1.54) is 0 Å². The quantitative estimate of drug-likeness (QED) is 0.279. The molecule has 0 saturated carbocycles. The van der Waals surface area contributed by atoms with Gasteiger partial charge in [-0.3, -0.25) is 9.79 Å². The van der Waals surface area contributed by atoms with Crippen molar-refractivity contribution < 1.29 is 4.79 Å². The second-order valence-corrected chi connectivity index (χ2v) is 7.12. The van der Waals surface area contributed by atoms with Crippen LogP contribution in [0.2, 0.25) is 0 Å². The zero-order chi connectivity index (χ0) is 21.3. The predicted octanol–water partition coefficient (Wildman–Crippen LogP) is 3.10. The standard InChI is InChI=1S/C23H28N6O.HI/c1-24-23(25-14-12-18-6-4-7-20(16-18)22(30)28(2)3)26-17-19-8-10-21(11-9-19)29-15-5-13-27-29;/h4-11,13,15-16H,12,14,17H2,1-3H3,(H2,24,25,26);1H. The molecule has 0 fully saturated rings. The first-order valence-corrected chi connectivity index (χ1v) is 9.91. The third-order valence-electron chi connectivity index (χ3n) is 4.68. The molecule has 2 aromatic carbocycles. The molecule has 1 amide bonds. The third kappa shape index (κ3) is 7.09. The van der Waals surface area contributed by atoms with Gasteiger partial charge in [-0.05, 0) is 47.9 Å². The molecule has 3 rings (SSSR count). The van der Waals surface area contributed by atoms with Crippen molar-refractivity contribution in [1.29, 1.82) is 0 Å². The number of guanidine groups is 1. The van der Waals surface area contributed by atoms with Crippen molar-refractivity contribution in [2.24, 2.45) is 4.99 Å². The molecule has 0 bridgehead atoms. The first kappa shape index (κ1) is 24.4. The summed E-state index contributed by atoms with van der Waals surface area (Å²) in [5.74, 6) is 0.757. The highest BCUT2D eigenvalue weighted by Crippen LogP contribution is 2.09. The van der Waals surface area contributed by atoms with E-state index in [0.29, 0.717) is 12.1 Å². The van der Waals surface area contributed by atoms with Gasteiger partial charge in [-0.2, -0.15) is 5.10 Å². The highest BCUT2D eigenvalue weighted by atomic mass is 127. The van der Waals surface area contributed by atoms with E-state index in [-0.39, 0.29) is 29.9 Å². The number of carbonyl (C=O) groups excluding carboxylic acids is 1. The fourth-order valence-corrected chi connectivity index (χ4v) is 3.04. The van der Waals surface area contributed by atoms with Crippen LogP contribution in [-0.4, -0.2) is 54.2 Å². The van der Waals surface area contributed by atoms with Gasteiger partial charge in [-0.15, -0.1) is 24.0 Å². The predicted molar refractivity (Wildman–Crippen MR) is 135 cm³/mol. The Kier molecular flexibility index (Phi) is 9.51. The number of carbonyl (C=O) groups is 1. The van der Waals surface area contributed by atoms with Gasteiger partial charge < -0.3 is 15.5 Å². The Balaban J connectivity index is 0.00000341. The number of benzene rings is 2. The average molecular weight is 532 g/mol.